The van der Waals surface area contributed by atoms with Crippen LogP contribution in [-0.2, 0) is 13.1 Å². The number of rotatable bonds is 9. The van der Waals surface area contributed by atoms with E-state index in [1.807, 2.05) is 43.5 Å². The molecule has 5 N–H and O–H groups in total. The number of carboxylic acid groups (broad SMARTS) is 1. The van der Waals surface area contributed by atoms with Crippen LogP contribution in [0.5, 0.6) is 0 Å². The van der Waals surface area contributed by atoms with Gasteiger partial charge in [-0.2, -0.15) is 0 Å². The van der Waals surface area contributed by atoms with Gasteiger partial charge in [0.05, 0.1) is 23.9 Å². The number of carboxylic acids is 1. The molecule has 0 spiro atoms. The topological polar surface area (TPSA) is 219 Å². The third-order valence-corrected chi connectivity index (χ3v) is 8.06. The molecule has 0 aromatic carbocycles. The number of amides is 1. The number of aromatic amines is 2. The van der Waals surface area contributed by atoms with Crippen molar-refractivity contribution in [1.82, 2.24) is 49.7 Å². The highest BCUT2D eigenvalue weighted by atomic mass is 16.4. The van der Waals surface area contributed by atoms with E-state index in [-0.39, 0.29) is 11.6 Å². The van der Waals surface area contributed by atoms with Gasteiger partial charge in [0.15, 0.2) is 0 Å². The summed E-state index contributed by atoms with van der Waals surface area (Å²) in [6, 6.07) is 7.09. The fourth-order valence-corrected chi connectivity index (χ4v) is 5.33. The number of pyridine rings is 2. The lowest BCUT2D eigenvalue weighted by Gasteiger charge is -2.18. The van der Waals surface area contributed by atoms with E-state index >= 15 is 0 Å². The number of fused-ring (bicyclic) bond motifs is 4. The smallest absolute Gasteiger partial charge is 0.352 e. The first kappa shape index (κ1) is 32.0. The Bertz CT molecular complexity index is 2310. The van der Waals surface area contributed by atoms with Gasteiger partial charge in [-0.05, 0) is 38.4 Å². The summed E-state index contributed by atoms with van der Waals surface area (Å²) in [6.45, 7) is 2.76. The Hall–Kier alpha value is -6.62. The number of H-pyrrole nitrogens is 2. The van der Waals surface area contributed by atoms with Gasteiger partial charge in [-0.15, -0.1) is 0 Å². The van der Waals surface area contributed by atoms with Gasteiger partial charge in [0, 0.05) is 67.2 Å². The van der Waals surface area contributed by atoms with Gasteiger partial charge in [-0.25, -0.2) is 34.7 Å². The van der Waals surface area contributed by atoms with E-state index in [1.54, 1.807) is 30.4 Å². The molecule has 0 unspecified atom stereocenters. The highest BCUT2D eigenvalue weighted by Gasteiger charge is 2.18. The minimum atomic E-state index is -1.05. The molecule has 17 nitrogen and oxygen atoms in total. The van der Waals surface area contributed by atoms with E-state index in [1.165, 1.54) is 18.7 Å². The first-order valence-corrected chi connectivity index (χ1v) is 15.5. The SMILES string of the molecule is CN(C)CCN(C)C(=O)c1cc2c(Nc3cc4c(cn3)CN=C4)ncnc2[nH]1.O=C(O)c1cc2c(Nc3cc4c(cn3)CN=C4)ncnc2[nH]1. The van der Waals surface area contributed by atoms with Crippen molar-refractivity contribution in [1.29, 1.82) is 0 Å². The van der Waals surface area contributed by atoms with Gasteiger partial charge in [0.25, 0.3) is 5.91 Å². The summed E-state index contributed by atoms with van der Waals surface area (Å²) in [6.07, 6.45) is 10.0. The van der Waals surface area contributed by atoms with Gasteiger partial charge < -0.3 is 35.5 Å². The van der Waals surface area contributed by atoms with Crippen molar-refractivity contribution in [3.05, 3.63) is 83.0 Å². The lowest BCUT2D eigenvalue weighted by Crippen LogP contribution is -2.33. The maximum atomic E-state index is 12.7. The molecule has 252 valence electrons. The largest absolute Gasteiger partial charge is 0.477 e. The van der Waals surface area contributed by atoms with Crippen LogP contribution < -0.4 is 10.6 Å². The molecule has 6 aromatic heterocycles. The second-order valence-electron chi connectivity index (χ2n) is 11.9. The van der Waals surface area contributed by atoms with Gasteiger partial charge in [-0.1, -0.05) is 0 Å². The van der Waals surface area contributed by atoms with Crippen LogP contribution in [0.1, 0.15) is 43.2 Å². The molecule has 0 saturated carbocycles. The molecule has 50 heavy (non-hydrogen) atoms. The maximum absolute atomic E-state index is 12.7. The summed E-state index contributed by atoms with van der Waals surface area (Å²) >= 11 is 0. The molecule has 0 fully saturated rings. The summed E-state index contributed by atoms with van der Waals surface area (Å²) in [5.41, 5.74) is 5.85. The Morgan fingerprint density at radius 3 is 1.76 bits per heavy atom. The Morgan fingerprint density at radius 2 is 1.24 bits per heavy atom. The average molecular weight is 673 g/mol. The quantitative estimate of drug-likeness (QED) is 0.149. The number of likely N-dealkylation sites (N-methyl/N-ethyl adjacent to an activating group) is 2. The van der Waals surface area contributed by atoms with Crippen molar-refractivity contribution in [2.45, 2.75) is 13.1 Å². The number of aliphatic imine (C=N–C) groups is 2. The summed E-state index contributed by atoms with van der Waals surface area (Å²) in [4.78, 5) is 67.2. The minimum Gasteiger partial charge on any atom is -0.477 e. The summed E-state index contributed by atoms with van der Waals surface area (Å²) in [5, 5.41) is 16.7. The predicted octanol–water partition coefficient (Wildman–Crippen LogP) is 3.39. The van der Waals surface area contributed by atoms with E-state index in [0.29, 0.717) is 65.3 Å². The highest BCUT2D eigenvalue weighted by molar-refractivity contribution is 6.00. The molecule has 0 aliphatic carbocycles. The average Bonchev–Trinajstić information content (AvgIpc) is 3.93. The van der Waals surface area contributed by atoms with Crippen molar-refractivity contribution in [3.63, 3.8) is 0 Å². The predicted molar refractivity (Wildman–Crippen MR) is 188 cm³/mol. The number of aromatic nitrogens is 8. The number of aromatic carboxylic acids is 1. The molecule has 0 radical (unpaired) electrons. The van der Waals surface area contributed by atoms with Gasteiger partial charge in [-0.3, -0.25) is 14.8 Å². The summed E-state index contributed by atoms with van der Waals surface area (Å²) in [5.74, 6) is 1.25. The van der Waals surface area contributed by atoms with Crippen molar-refractivity contribution < 1.29 is 14.7 Å². The van der Waals surface area contributed by atoms with Crippen molar-refractivity contribution in [2.24, 2.45) is 9.98 Å². The van der Waals surface area contributed by atoms with Crippen LogP contribution in [0, 0.1) is 0 Å². The number of carbonyl (C=O) groups excluding carboxylic acids is 1. The monoisotopic (exact) mass is 672 g/mol. The number of hydrogen-bond donors (Lipinski definition) is 5. The van der Waals surface area contributed by atoms with E-state index in [2.05, 4.69) is 60.5 Å². The first-order valence-electron chi connectivity index (χ1n) is 15.5. The Balaban J connectivity index is 0.000000161. The van der Waals surface area contributed by atoms with Crippen LogP contribution in [0.4, 0.5) is 23.3 Å². The standard InChI is InChI=1S/C19H22N8O.C14H10N6O2/c1-26(2)4-5-27(3)19(28)15-7-14-17(24-15)22-11-23-18(14)25-16-6-12-8-20-9-13(12)10-21-16;21-14(22)10-2-9-12(19-10)17-6-18-13(9)20-11-1-7-3-15-4-8(7)5-16-11/h6-8,10-11H,4-5,9H2,1-3H3,(H2,21,22,23,24,25);1-3,5-6H,4H2,(H,21,22)(H2,16,17,18,19,20). The van der Waals surface area contributed by atoms with Gasteiger partial charge in [0.1, 0.15) is 58.6 Å². The van der Waals surface area contributed by atoms with Crippen LogP contribution in [0.2, 0.25) is 0 Å². The van der Waals surface area contributed by atoms with Crippen LogP contribution in [0.3, 0.4) is 0 Å². The zero-order chi connectivity index (χ0) is 34.8. The molecule has 0 saturated heterocycles. The minimum absolute atomic E-state index is 0.0626. The fraction of sp³-hybridized carbons (Fsp3) is 0.212. The lowest BCUT2D eigenvalue weighted by atomic mass is 10.2. The van der Waals surface area contributed by atoms with E-state index < -0.39 is 5.97 Å². The molecule has 8 rings (SSSR count). The second kappa shape index (κ2) is 13.5. The van der Waals surface area contributed by atoms with Crippen molar-refractivity contribution >= 4 is 69.6 Å². The molecule has 6 aromatic rings. The number of nitrogens with zero attached hydrogens (tertiary/aromatic N) is 10. The molecule has 8 heterocycles. The molecule has 1 amide bonds. The Labute approximate surface area is 284 Å². The van der Waals surface area contributed by atoms with Crippen LogP contribution in [0.15, 0.2) is 59.3 Å². The van der Waals surface area contributed by atoms with Gasteiger partial charge >= 0.3 is 5.97 Å². The van der Waals surface area contributed by atoms with E-state index in [0.717, 1.165) is 34.2 Å². The van der Waals surface area contributed by atoms with Crippen LogP contribution in [-0.4, -0.2) is 113 Å². The zero-order valence-electron chi connectivity index (χ0n) is 27.3. The van der Waals surface area contributed by atoms with E-state index in [4.69, 9.17) is 5.11 Å². The lowest BCUT2D eigenvalue weighted by molar-refractivity contribution is 0.0690. The number of nitrogens with one attached hydrogen (secondary N) is 4. The maximum Gasteiger partial charge on any atom is 0.352 e. The van der Waals surface area contributed by atoms with Crippen LogP contribution >= 0.6 is 0 Å². The number of carbonyl (C=O) groups is 2. The molecule has 0 bridgehead atoms. The third kappa shape index (κ3) is 6.70. The molecule has 17 heteroatoms. The van der Waals surface area contributed by atoms with Crippen LogP contribution in [0.25, 0.3) is 22.1 Å². The number of hydrogen-bond acceptors (Lipinski definition) is 13. The Kier molecular flexibility index (Phi) is 8.61. The fourth-order valence-electron chi connectivity index (χ4n) is 5.33. The normalized spacial score (nSPS) is 12.6. The molecule has 0 atom stereocenters. The Morgan fingerprint density at radius 1 is 0.720 bits per heavy atom. The number of anilines is 4. The summed E-state index contributed by atoms with van der Waals surface area (Å²) in [7, 11) is 5.75. The van der Waals surface area contributed by atoms with E-state index in [9.17, 15) is 9.59 Å². The molecule has 2 aliphatic heterocycles. The second-order valence-corrected chi connectivity index (χ2v) is 11.9. The van der Waals surface area contributed by atoms with Crippen molar-refractivity contribution in [2.75, 3.05) is 44.9 Å². The zero-order valence-corrected chi connectivity index (χ0v) is 27.3. The third-order valence-electron chi connectivity index (χ3n) is 8.06. The first-order chi connectivity index (χ1) is 24.2. The van der Waals surface area contributed by atoms with Crippen molar-refractivity contribution in [3.8, 4) is 0 Å². The molecular weight excluding hydrogens is 640 g/mol. The molecular formula is C33H32N14O3. The highest BCUT2D eigenvalue weighted by Crippen LogP contribution is 2.26. The summed E-state index contributed by atoms with van der Waals surface area (Å²) < 4.78 is 0. The van der Waals surface area contributed by atoms with Gasteiger partial charge in [0.2, 0.25) is 0 Å². The molecule has 2 aliphatic rings.